The molecule has 4 saturated carbocycles. The van der Waals surface area contributed by atoms with Crippen LogP contribution in [-0.2, 0) is 28.5 Å². The van der Waals surface area contributed by atoms with Gasteiger partial charge < -0.3 is 59.8 Å². The van der Waals surface area contributed by atoms with E-state index < -0.39 is 85.5 Å². The predicted molar refractivity (Wildman–Crippen MR) is 198 cm³/mol. The van der Waals surface area contributed by atoms with Gasteiger partial charge in [-0.05, 0) is 90.8 Å². The minimum atomic E-state index is -1.97. The SMILES string of the molecule is CC1(C)CC(=O)[C@]2(C)CC[C@]3(C)C(=CC[C@@H]4[C@@]5(C)CC[C@H](O[C@@H]6O[C@H](C(=O)O)[C@@H](O)[C@H](O)[C@H]6O[C@@H]6O[C@H](CO)[C@@H](O)[C@@H](O)[C@H]6O)[C@](C)(CO)[C@@H]5CC[C@]43C)[C@@H]2C1. The van der Waals surface area contributed by atoms with Gasteiger partial charge in [-0.2, -0.15) is 0 Å². The number of hydrogen-bond acceptors (Lipinski definition) is 13. The van der Waals surface area contributed by atoms with Crippen LogP contribution in [0.4, 0.5) is 0 Å². The molecule has 2 heterocycles. The fourth-order valence-electron chi connectivity index (χ4n) is 13.5. The first-order valence-corrected chi connectivity index (χ1v) is 20.7. The Kier molecular flexibility index (Phi) is 10.9. The van der Waals surface area contributed by atoms with Gasteiger partial charge >= 0.3 is 5.97 Å². The van der Waals surface area contributed by atoms with Gasteiger partial charge in [0.05, 0.1) is 19.3 Å². The minimum Gasteiger partial charge on any atom is -0.479 e. The van der Waals surface area contributed by atoms with Crippen LogP contribution < -0.4 is 0 Å². The quantitative estimate of drug-likeness (QED) is 0.136. The van der Waals surface area contributed by atoms with E-state index in [1.165, 1.54) is 5.57 Å². The zero-order chi connectivity index (χ0) is 41.1. The van der Waals surface area contributed by atoms with E-state index in [1.54, 1.807) is 0 Å². The summed E-state index contributed by atoms with van der Waals surface area (Å²) < 4.78 is 23.8. The van der Waals surface area contributed by atoms with Crippen molar-refractivity contribution >= 4 is 11.8 Å². The average Bonchev–Trinajstić information content (AvgIpc) is 3.13. The van der Waals surface area contributed by atoms with Crippen LogP contribution in [0.1, 0.15) is 106 Å². The molecule has 19 atom stereocenters. The Bertz CT molecular complexity index is 1570. The number of aliphatic hydroxyl groups is 7. The van der Waals surface area contributed by atoms with E-state index in [2.05, 4.69) is 47.6 Å². The van der Waals surface area contributed by atoms with Crippen molar-refractivity contribution in [2.45, 2.75) is 174 Å². The summed E-state index contributed by atoms with van der Waals surface area (Å²) in [6.07, 6.45) is -8.50. The van der Waals surface area contributed by atoms with E-state index in [-0.39, 0.29) is 51.4 Å². The first kappa shape index (κ1) is 42.6. The maximum absolute atomic E-state index is 13.7. The summed E-state index contributed by atoms with van der Waals surface area (Å²) in [5.41, 5.74) is -0.183. The number of aliphatic hydroxyl groups excluding tert-OH is 7. The number of hydrogen-bond donors (Lipinski definition) is 8. The third kappa shape index (κ3) is 6.13. The molecule has 0 radical (unpaired) electrons. The molecule has 0 aromatic carbocycles. The molecule has 318 valence electrons. The second kappa shape index (κ2) is 14.3. The van der Waals surface area contributed by atoms with Gasteiger partial charge in [0.2, 0.25) is 0 Å². The van der Waals surface area contributed by atoms with Crippen molar-refractivity contribution in [2.24, 2.45) is 50.2 Å². The topological polar surface area (TPSA) is 233 Å². The molecule has 0 unspecified atom stereocenters. The number of carboxylic acids is 1. The van der Waals surface area contributed by atoms with E-state index in [9.17, 15) is 50.4 Å². The van der Waals surface area contributed by atoms with Crippen LogP contribution in [0.2, 0.25) is 0 Å². The first-order valence-electron chi connectivity index (χ1n) is 20.7. The summed E-state index contributed by atoms with van der Waals surface area (Å²) in [4.78, 5) is 25.9. The third-order valence-electron chi connectivity index (χ3n) is 17.2. The number of rotatable bonds is 7. The van der Waals surface area contributed by atoms with Crippen molar-refractivity contribution < 1.29 is 69.4 Å². The molecule has 7 aliphatic rings. The Labute approximate surface area is 329 Å². The minimum absolute atomic E-state index is 0.0291. The number of aliphatic carboxylic acids is 1. The Hall–Kier alpha value is -1.56. The number of ether oxygens (including phenoxy) is 4. The van der Waals surface area contributed by atoms with Gasteiger partial charge in [-0.1, -0.05) is 60.1 Å². The average molecular weight is 795 g/mol. The smallest absolute Gasteiger partial charge is 0.335 e. The molecule has 14 nitrogen and oxygen atoms in total. The summed E-state index contributed by atoms with van der Waals surface area (Å²) in [5, 5.41) is 84.4. The Morgan fingerprint density at radius 3 is 2.14 bits per heavy atom. The predicted octanol–water partition coefficient (Wildman–Crippen LogP) is 2.06. The van der Waals surface area contributed by atoms with Crippen molar-refractivity contribution in [3.05, 3.63) is 11.6 Å². The highest BCUT2D eigenvalue weighted by molar-refractivity contribution is 5.87. The highest BCUT2D eigenvalue weighted by Gasteiger charge is 2.70. The second-order valence-corrected chi connectivity index (χ2v) is 20.6. The molecule has 8 N–H and O–H groups in total. The number of ketones is 1. The van der Waals surface area contributed by atoms with Gasteiger partial charge in [0.25, 0.3) is 0 Å². The summed E-state index contributed by atoms with van der Waals surface area (Å²) in [6, 6.07) is 0. The Morgan fingerprint density at radius 2 is 1.50 bits per heavy atom. The third-order valence-corrected chi connectivity index (χ3v) is 17.2. The van der Waals surface area contributed by atoms with Crippen molar-refractivity contribution in [1.82, 2.24) is 0 Å². The van der Waals surface area contributed by atoms with Crippen molar-refractivity contribution in [1.29, 1.82) is 0 Å². The molecule has 0 aromatic heterocycles. The van der Waals surface area contributed by atoms with E-state index in [0.717, 1.165) is 44.9 Å². The van der Waals surface area contributed by atoms with Gasteiger partial charge in [0, 0.05) is 17.3 Å². The highest BCUT2D eigenvalue weighted by atomic mass is 16.8. The molecule has 6 fully saturated rings. The lowest BCUT2D eigenvalue weighted by Crippen LogP contribution is -2.68. The molecule has 5 aliphatic carbocycles. The van der Waals surface area contributed by atoms with Crippen LogP contribution in [0.5, 0.6) is 0 Å². The Balaban J connectivity index is 1.17. The number of fused-ring (bicyclic) bond motifs is 7. The molecule has 0 amide bonds. The maximum Gasteiger partial charge on any atom is 0.335 e. The zero-order valence-corrected chi connectivity index (χ0v) is 34.0. The first-order chi connectivity index (χ1) is 26.0. The van der Waals surface area contributed by atoms with E-state index >= 15 is 0 Å². The number of Topliss-reactive ketones (excluding diaryl/α,β-unsaturated/α-hetero) is 1. The van der Waals surface area contributed by atoms with Crippen LogP contribution in [-0.4, -0.2) is 133 Å². The van der Waals surface area contributed by atoms with Gasteiger partial charge in [0.1, 0.15) is 48.5 Å². The summed E-state index contributed by atoms with van der Waals surface area (Å²) in [5.74, 6) is -0.705. The van der Waals surface area contributed by atoms with Crippen LogP contribution >= 0.6 is 0 Å². The molecule has 0 bridgehead atoms. The van der Waals surface area contributed by atoms with Gasteiger partial charge in [-0.15, -0.1) is 0 Å². The molecule has 2 saturated heterocycles. The Morgan fingerprint density at radius 1 is 0.804 bits per heavy atom. The normalized spacial score (nSPS) is 54.2. The van der Waals surface area contributed by atoms with E-state index in [0.29, 0.717) is 18.6 Å². The number of carbonyl (C=O) groups is 2. The lowest BCUT2D eigenvalue weighted by atomic mass is 9.33. The van der Waals surface area contributed by atoms with Crippen molar-refractivity contribution in [3.63, 3.8) is 0 Å². The van der Waals surface area contributed by atoms with Gasteiger partial charge in [0.15, 0.2) is 18.7 Å². The van der Waals surface area contributed by atoms with Crippen molar-refractivity contribution in [2.75, 3.05) is 13.2 Å². The molecule has 0 aromatic rings. The fourth-order valence-corrected chi connectivity index (χ4v) is 13.5. The van der Waals surface area contributed by atoms with E-state index in [4.69, 9.17) is 18.9 Å². The lowest BCUT2D eigenvalue weighted by molar-refractivity contribution is -0.375. The number of carboxylic acid groups (broad SMARTS) is 1. The van der Waals surface area contributed by atoms with Gasteiger partial charge in [-0.25, -0.2) is 4.79 Å². The summed E-state index contributed by atoms with van der Waals surface area (Å²) in [7, 11) is 0. The van der Waals surface area contributed by atoms with Gasteiger partial charge in [-0.3, -0.25) is 4.79 Å². The summed E-state index contributed by atoms with van der Waals surface area (Å²) >= 11 is 0. The largest absolute Gasteiger partial charge is 0.479 e. The number of carbonyl (C=O) groups excluding carboxylic acids is 1. The molecule has 14 heteroatoms. The number of allylic oxidation sites excluding steroid dienone is 2. The summed E-state index contributed by atoms with van der Waals surface area (Å²) in [6.45, 7) is 14.9. The van der Waals surface area contributed by atoms with E-state index in [1.807, 2.05) is 6.92 Å². The monoisotopic (exact) mass is 794 g/mol. The molecule has 7 rings (SSSR count). The standard InChI is InChI=1S/C42H66O14/c1-37(2)16-21-20-8-9-24-39(4)12-11-26(40(5,19-44)23(39)10-13-42(24,7)41(20,6)15-14-38(21,3)25(45)17-37)54-36-33(30(49)29(48)32(55-36)34(51)52)56-35-31(50)28(47)27(46)22(18-43)53-35/h8,21-24,26-33,35-36,43-44,46-50H,9-19H2,1-7H3,(H,51,52)/t21-,22+,23+,24+,26-,27+,28+,29-,30-,31+,32-,33+,35-,36+,38+,39-,40+,41+,42+/m0/s1. The molecule has 56 heavy (non-hydrogen) atoms. The second-order valence-electron chi connectivity index (χ2n) is 20.6. The molecular formula is C42H66O14. The lowest BCUT2D eigenvalue weighted by Gasteiger charge is -2.71. The van der Waals surface area contributed by atoms with Crippen LogP contribution in [0.15, 0.2) is 11.6 Å². The maximum atomic E-state index is 13.7. The molecule has 2 aliphatic heterocycles. The zero-order valence-electron chi connectivity index (χ0n) is 34.0. The van der Waals surface area contributed by atoms with Crippen molar-refractivity contribution in [3.8, 4) is 0 Å². The fraction of sp³-hybridized carbons (Fsp3) is 0.905. The molecular weight excluding hydrogens is 728 g/mol. The van der Waals surface area contributed by atoms with Crippen LogP contribution in [0.25, 0.3) is 0 Å². The van der Waals surface area contributed by atoms with Crippen LogP contribution in [0, 0.1) is 50.2 Å². The molecule has 0 spiro atoms. The van der Waals surface area contributed by atoms with Crippen LogP contribution in [0.3, 0.4) is 0 Å². The highest BCUT2D eigenvalue weighted by Crippen LogP contribution is 2.75.